The smallest absolute Gasteiger partial charge is 0.306 e. The van der Waals surface area contributed by atoms with E-state index in [1.54, 1.807) is 0 Å². The quantitative estimate of drug-likeness (QED) is 0.0348. The third-order valence-corrected chi connectivity index (χ3v) is 11.2. The van der Waals surface area contributed by atoms with Gasteiger partial charge in [-0.15, -0.1) is 0 Å². The largest absolute Gasteiger partial charge is 0.462 e. The molecule has 58 heavy (non-hydrogen) atoms. The molecular weight excluding hydrogens is 717 g/mol. The molecule has 0 aromatic rings. The highest BCUT2D eigenvalue weighted by Crippen LogP contribution is 2.16. The molecule has 0 saturated carbocycles. The Kier molecular flexibility index (Phi) is 47.9. The lowest BCUT2D eigenvalue weighted by molar-refractivity contribution is -0.163. The van der Waals surface area contributed by atoms with Crippen molar-refractivity contribution in [2.45, 2.75) is 271 Å². The Morgan fingerprint density at radius 2 is 0.776 bits per heavy atom. The maximum atomic E-state index is 12.7. The molecule has 0 amide bonds. The fraction of sp³-hybridized carbons (Fsp3) is 0.849. The van der Waals surface area contributed by atoms with Gasteiger partial charge in [0.25, 0.3) is 0 Å². The van der Waals surface area contributed by atoms with Crippen LogP contribution in [0.1, 0.15) is 265 Å². The van der Waals surface area contributed by atoms with Crippen LogP contribution in [0.5, 0.6) is 0 Å². The van der Waals surface area contributed by atoms with Crippen LogP contribution in [-0.4, -0.2) is 37.9 Å². The van der Waals surface area contributed by atoms with Crippen LogP contribution in [0.3, 0.4) is 0 Å². The number of hydrogen-bond acceptors (Lipinski definition) is 5. The van der Waals surface area contributed by atoms with E-state index >= 15 is 0 Å². The maximum absolute atomic E-state index is 12.7. The summed E-state index contributed by atoms with van der Waals surface area (Å²) in [5.74, 6) is -0.390. The van der Waals surface area contributed by atoms with Gasteiger partial charge in [-0.3, -0.25) is 9.59 Å². The second-order valence-electron chi connectivity index (χ2n) is 17.1. The number of allylic oxidation sites excluding steroid dienone is 6. The minimum absolute atomic E-state index is 0.0881. The highest BCUT2D eigenvalue weighted by Gasteiger charge is 2.17. The van der Waals surface area contributed by atoms with Crippen LogP contribution in [-0.2, 0) is 23.8 Å². The van der Waals surface area contributed by atoms with Crippen molar-refractivity contribution in [3.63, 3.8) is 0 Å². The van der Waals surface area contributed by atoms with Gasteiger partial charge in [-0.05, 0) is 51.4 Å². The molecule has 0 aliphatic heterocycles. The van der Waals surface area contributed by atoms with E-state index in [0.717, 1.165) is 57.8 Å². The lowest BCUT2D eigenvalue weighted by Gasteiger charge is -2.18. The lowest BCUT2D eigenvalue weighted by atomic mass is 10.0. The number of unbranched alkanes of at least 4 members (excludes halogenated alkanes) is 30. The van der Waals surface area contributed by atoms with Crippen LogP contribution in [0.15, 0.2) is 36.5 Å². The van der Waals surface area contributed by atoms with Crippen molar-refractivity contribution in [3.8, 4) is 0 Å². The molecule has 1 atom stereocenters. The second-order valence-corrected chi connectivity index (χ2v) is 17.1. The van der Waals surface area contributed by atoms with Crippen molar-refractivity contribution in [1.29, 1.82) is 0 Å². The molecule has 0 spiro atoms. The zero-order valence-corrected chi connectivity index (χ0v) is 39.1. The minimum Gasteiger partial charge on any atom is -0.462 e. The van der Waals surface area contributed by atoms with Gasteiger partial charge in [0, 0.05) is 19.4 Å². The molecule has 0 N–H and O–H groups in total. The SMILES string of the molecule is CC/C=C\C/C=C\C/C=C\CCCCCCCCCCOCC(COC(=O)CCCCCCCCCCCCCCCCC)OC(=O)CCCCCCCCCCC. The van der Waals surface area contributed by atoms with Gasteiger partial charge in [0.1, 0.15) is 6.61 Å². The third-order valence-electron chi connectivity index (χ3n) is 11.2. The van der Waals surface area contributed by atoms with Crippen LogP contribution in [0.25, 0.3) is 0 Å². The zero-order valence-electron chi connectivity index (χ0n) is 39.1. The Hall–Kier alpha value is -1.88. The summed E-state index contributed by atoms with van der Waals surface area (Å²) in [7, 11) is 0. The van der Waals surface area contributed by atoms with Crippen LogP contribution in [0.2, 0.25) is 0 Å². The van der Waals surface area contributed by atoms with Gasteiger partial charge in [0.05, 0.1) is 6.61 Å². The first kappa shape index (κ1) is 56.1. The number of esters is 2. The van der Waals surface area contributed by atoms with Gasteiger partial charge in [-0.2, -0.15) is 0 Å². The Labute approximate surface area is 361 Å². The maximum Gasteiger partial charge on any atom is 0.306 e. The standard InChI is InChI=1S/C53H98O5/c1-4-7-10-13-16-19-21-23-25-26-27-29-31-33-36-39-42-45-48-56-49-51(58-53(55)47-44-41-38-34-18-15-12-9-6-3)50-57-52(54)46-43-40-37-35-32-30-28-24-22-20-17-14-11-8-5-2/h7,10,16,19,23,25,51H,4-6,8-9,11-15,17-18,20-22,24,26-50H2,1-3H3/b10-7-,19-16-,25-23-. The van der Waals surface area contributed by atoms with E-state index in [4.69, 9.17) is 14.2 Å². The average Bonchev–Trinajstić information content (AvgIpc) is 3.22. The predicted octanol–water partition coefficient (Wildman–Crippen LogP) is 17.0. The van der Waals surface area contributed by atoms with E-state index in [1.165, 1.54) is 173 Å². The number of carbonyl (C=O) groups excluding carboxylic acids is 2. The molecular formula is C53H98O5. The topological polar surface area (TPSA) is 61.8 Å². The highest BCUT2D eigenvalue weighted by molar-refractivity contribution is 5.70. The molecule has 5 nitrogen and oxygen atoms in total. The first-order valence-corrected chi connectivity index (χ1v) is 25.5. The van der Waals surface area contributed by atoms with Gasteiger partial charge < -0.3 is 14.2 Å². The van der Waals surface area contributed by atoms with Gasteiger partial charge in [0.15, 0.2) is 6.10 Å². The van der Waals surface area contributed by atoms with E-state index in [-0.39, 0.29) is 25.2 Å². The first-order valence-electron chi connectivity index (χ1n) is 25.5. The Bertz CT molecular complexity index is 924. The fourth-order valence-corrected chi connectivity index (χ4v) is 7.41. The highest BCUT2D eigenvalue weighted by atomic mass is 16.6. The van der Waals surface area contributed by atoms with E-state index in [1.807, 2.05) is 0 Å². The summed E-state index contributed by atoms with van der Waals surface area (Å²) >= 11 is 0. The molecule has 0 aromatic carbocycles. The van der Waals surface area contributed by atoms with E-state index < -0.39 is 6.10 Å². The number of rotatable bonds is 47. The summed E-state index contributed by atoms with van der Waals surface area (Å²) in [4.78, 5) is 25.3. The third kappa shape index (κ3) is 46.8. The zero-order chi connectivity index (χ0) is 42.1. The minimum atomic E-state index is -0.532. The fourth-order valence-electron chi connectivity index (χ4n) is 7.41. The number of ether oxygens (including phenoxy) is 3. The van der Waals surface area contributed by atoms with Crippen molar-refractivity contribution < 1.29 is 23.8 Å². The Balaban J connectivity index is 4.16. The molecule has 0 saturated heterocycles. The number of hydrogen-bond donors (Lipinski definition) is 0. The van der Waals surface area contributed by atoms with Crippen LogP contribution >= 0.6 is 0 Å². The van der Waals surface area contributed by atoms with Crippen molar-refractivity contribution in [1.82, 2.24) is 0 Å². The molecule has 0 aromatic heterocycles. The molecule has 0 rings (SSSR count). The van der Waals surface area contributed by atoms with Crippen molar-refractivity contribution in [2.75, 3.05) is 19.8 Å². The molecule has 340 valence electrons. The van der Waals surface area contributed by atoms with Crippen molar-refractivity contribution in [3.05, 3.63) is 36.5 Å². The molecule has 1 unspecified atom stereocenters. The number of carbonyl (C=O) groups is 2. The average molecular weight is 815 g/mol. The molecule has 0 heterocycles. The molecule has 0 radical (unpaired) electrons. The second kappa shape index (κ2) is 49.5. The van der Waals surface area contributed by atoms with E-state index in [2.05, 4.69) is 57.2 Å². The van der Waals surface area contributed by atoms with Gasteiger partial charge in [0.2, 0.25) is 0 Å². The summed E-state index contributed by atoms with van der Waals surface area (Å²) in [5, 5.41) is 0. The summed E-state index contributed by atoms with van der Waals surface area (Å²) in [6.07, 6.45) is 58.7. The summed E-state index contributed by atoms with van der Waals surface area (Å²) in [5.41, 5.74) is 0. The Morgan fingerprint density at radius 1 is 0.397 bits per heavy atom. The predicted molar refractivity (Wildman–Crippen MR) is 252 cm³/mol. The first-order chi connectivity index (χ1) is 28.6. The molecule has 0 bridgehead atoms. The van der Waals surface area contributed by atoms with Gasteiger partial charge in [-0.25, -0.2) is 0 Å². The van der Waals surface area contributed by atoms with Gasteiger partial charge >= 0.3 is 11.9 Å². The summed E-state index contributed by atoms with van der Waals surface area (Å²) in [6, 6.07) is 0. The van der Waals surface area contributed by atoms with E-state index in [9.17, 15) is 9.59 Å². The molecule has 5 heteroatoms. The van der Waals surface area contributed by atoms with E-state index in [0.29, 0.717) is 19.4 Å². The summed E-state index contributed by atoms with van der Waals surface area (Å²) < 4.78 is 17.4. The van der Waals surface area contributed by atoms with Crippen LogP contribution < -0.4 is 0 Å². The lowest BCUT2D eigenvalue weighted by Crippen LogP contribution is -2.30. The molecule has 0 aliphatic rings. The van der Waals surface area contributed by atoms with Gasteiger partial charge in [-0.1, -0.05) is 237 Å². The van der Waals surface area contributed by atoms with Crippen LogP contribution in [0, 0.1) is 0 Å². The van der Waals surface area contributed by atoms with Crippen LogP contribution in [0.4, 0.5) is 0 Å². The molecule has 0 fully saturated rings. The molecule has 0 aliphatic carbocycles. The van der Waals surface area contributed by atoms with Crippen molar-refractivity contribution >= 4 is 11.9 Å². The Morgan fingerprint density at radius 3 is 1.24 bits per heavy atom. The monoisotopic (exact) mass is 815 g/mol. The normalized spacial score (nSPS) is 12.4. The summed E-state index contributed by atoms with van der Waals surface area (Å²) in [6.45, 7) is 7.73. The van der Waals surface area contributed by atoms with Crippen molar-refractivity contribution in [2.24, 2.45) is 0 Å².